The van der Waals surface area contributed by atoms with Crippen LogP contribution < -0.4 is 9.47 Å². The van der Waals surface area contributed by atoms with Gasteiger partial charge in [0.1, 0.15) is 0 Å². The molecule has 1 fully saturated rings. The third-order valence-electron chi connectivity index (χ3n) is 5.02. The van der Waals surface area contributed by atoms with Gasteiger partial charge in [0.2, 0.25) is 10.0 Å². The maximum atomic E-state index is 13.0. The summed E-state index contributed by atoms with van der Waals surface area (Å²) in [5.74, 6) is 1.92. The molecule has 0 amide bonds. The van der Waals surface area contributed by atoms with Gasteiger partial charge in [0.05, 0.1) is 19.1 Å². The summed E-state index contributed by atoms with van der Waals surface area (Å²) in [6.45, 7) is 5.49. The second-order valence-corrected chi connectivity index (χ2v) is 10.0. The molecule has 0 bridgehead atoms. The molecule has 0 aliphatic carbocycles. The molecule has 0 N–H and O–H groups in total. The van der Waals surface area contributed by atoms with Crippen molar-refractivity contribution in [3.05, 3.63) is 48.0 Å². The van der Waals surface area contributed by atoms with E-state index in [4.69, 9.17) is 9.47 Å². The second kappa shape index (κ2) is 9.84. The van der Waals surface area contributed by atoms with Crippen LogP contribution in [0.4, 0.5) is 0 Å². The smallest absolute Gasteiger partial charge is 0.243 e. The maximum Gasteiger partial charge on any atom is 0.243 e. The number of hydrogen-bond acceptors (Lipinski definition) is 6. The summed E-state index contributed by atoms with van der Waals surface area (Å²) in [5.41, 5.74) is 1.26. The van der Waals surface area contributed by atoms with E-state index >= 15 is 0 Å². The third kappa shape index (κ3) is 5.45. The van der Waals surface area contributed by atoms with Gasteiger partial charge in [0, 0.05) is 49.4 Å². The van der Waals surface area contributed by atoms with Crippen LogP contribution in [0.5, 0.6) is 11.5 Å². The Labute approximate surface area is 177 Å². The van der Waals surface area contributed by atoms with Crippen LogP contribution in [0.1, 0.15) is 5.56 Å². The van der Waals surface area contributed by atoms with Gasteiger partial charge in [-0.15, -0.1) is 11.8 Å². The van der Waals surface area contributed by atoms with Gasteiger partial charge in [-0.1, -0.05) is 17.7 Å². The molecule has 1 aliphatic heterocycles. The Hall–Kier alpha value is -1.74. The number of hydrogen-bond donors (Lipinski definition) is 0. The van der Waals surface area contributed by atoms with Crippen molar-refractivity contribution in [2.75, 3.05) is 52.7 Å². The lowest BCUT2D eigenvalue weighted by molar-refractivity contribution is 0.197. The molecule has 1 heterocycles. The highest BCUT2D eigenvalue weighted by Gasteiger charge is 2.29. The van der Waals surface area contributed by atoms with Crippen molar-refractivity contribution in [2.24, 2.45) is 0 Å². The van der Waals surface area contributed by atoms with Gasteiger partial charge in [-0.2, -0.15) is 4.31 Å². The van der Waals surface area contributed by atoms with Gasteiger partial charge in [0.25, 0.3) is 0 Å². The molecule has 1 aliphatic rings. The zero-order valence-electron chi connectivity index (χ0n) is 17.1. The Kier molecular flexibility index (Phi) is 7.45. The van der Waals surface area contributed by atoms with E-state index in [0.717, 1.165) is 25.4 Å². The highest BCUT2D eigenvalue weighted by molar-refractivity contribution is 7.99. The lowest BCUT2D eigenvalue weighted by Gasteiger charge is -2.34. The van der Waals surface area contributed by atoms with Crippen molar-refractivity contribution < 1.29 is 17.9 Å². The Balaban J connectivity index is 1.53. The average Bonchev–Trinajstić information content (AvgIpc) is 2.75. The van der Waals surface area contributed by atoms with Crippen molar-refractivity contribution >= 4 is 21.8 Å². The van der Waals surface area contributed by atoms with Crippen molar-refractivity contribution in [2.45, 2.75) is 16.7 Å². The standard InChI is InChI=1S/C21H28N2O4S2/c1-17-4-6-18(7-5-17)28-15-14-22-10-12-23(13-11-22)29(24,25)19-8-9-20(26-2)21(16-19)27-3/h4-9,16H,10-15H2,1-3H3. The minimum Gasteiger partial charge on any atom is -0.493 e. The monoisotopic (exact) mass is 436 g/mol. The average molecular weight is 437 g/mol. The zero-order chi connectivity index (χ0) is 20.9. The number of benzene rings is 2. The number of thioether (sulfide) groups is 1. The predicted octanol–water partition coefficient (Wildman–Crippen LogP) is 3.11. The second-order valence-electron chi connectivity index (χ2n) is 6.92. The molecule has 0 spiro atoms. The van der Waals surface area contributed by atoms with E-state index in [-0.39, 0.29) is 4.90 Å². The van der Waals surface area contributed by atoms with Crippen LogP contribution in [0.15, 0.2) is 52.3 Å². The Morgan fingerprint density at radius 1 is 0.931 bits per heavy atom. The van der Waals surface area contributed by atoms with E-state index in [9.17, 15) is 8.42 Å². The van der Waals surface area contributed by atoms with Crippen LogP contribution in [0.25, 0.3) is 0 Å². The van der Waals surface area contributed by atoms with Crippen LogP contribution in [0, 0.1) is 6.92 Å². The largest absolute Gasteiger partial charge is 0.493 e. The highest BCUT2D eigenvalue weighted by Crippen LogP contribution is 2.31. The van der Waals surface area contributed by atoms with E-state index in [1.54, 1.807) is 16.4 Å². The molecule has 2 aromatic rings. The molecule has 2 aromatic carbocycles. The first-order valence-corrected chi connectivity index (χ1v) is 12.0. The van der Waals surface area contributed by atoms with Gasteiger partial charge in [0.15, 0.2) is 11.5 Å². The van der Waals surface area contributed by atoms with E-state index in [2.05, 4.69) is 36.1 Å². The predicted molar refractivity (Wildman–Crippen MR) is 117 cm³/mol. The van der Waals surface area contributed by atoms with E-state index in [1.807, 2.05) is 11.8 Å². The van der Waals surface area contributed by atoms with Crippen molar-refractivity contribution in [1.82, 2.24) is 9.21 Å². The first-order valence-electron chi connectivity index (χ1n) is 9.58. The lowest BCUT2D eigenvalue weighted by atomic mass is 10.2. The van der Waals surface area contributed by atoms with E-state index in [0.29, 0.717) is 24.6 Å². The molecular weight excluding hydrogens is 408 g/mol. The molecule has 158 valence electrons. The number of nitrogens with zero attached hydrogens (tertiary/aromatic N) is 2. The molecule has 0 unspecified atom stereocenters. The summed E-state index contributed by atoms with van der Waals surface area (Å²) in [5, 5.41) is 0. The molecule has 8 heteroatoms. The fourth-order valence-corrected chi connectivity index (χ4v) is 5.60. The van der Waals surface area contributed by atoms with Crippen LogP contribution >= 0.6 is 11.8 Å². The Morgan fingerprint density at radius 2 is 1.59 bits per heavy atom. The first kappa shape index (κ1) is 22.0. The molecule has 3 rings (SSSR count). The van der Waals surface area contributed by atoms with Crippen LogP contribution in [0.2, 0.25) is 0 Å². The van der Waals surface area contributed by atoms with E-state index < -0.39 is 10.0 Å². The Bertz CT molecular complexity index is 909. The molecular formula is C21H28N2O4S2. The van der Waals surface area contributed by atoms with Crippen LogP contribution in [-0.4, -0.2) is 70.3 Å². The van der Waals surface area contributed by atoms with Gasteiger partial charge < -0.3 is 9.47 Å². The lowest BCUT2D eigenvalue weighted by Crippen LogP contribution is -2.49. The van der Waals surface area contributed by atoms with Gasteiger partial charge in [-0.25, -0.2) is 8.42 Å². The fourth-order valence-electron chi connectivity index (χ4n) is 3.25. The molecule has 0 saturated carbocycles. The number of ether oxygens (including phenoxy) is 2. The van der Waals surface area contributed by atoms with Crippen molar-refractivity contribution in [3.63, 3.8) is 0 Å². The molecule has 1 saturated heterocycles. The quantitative estimate of drug-likeness (QED) is 0.593. The summed E-state index contributed by atoms with van der Waals surface area (Å²) >= 11 is 1.83. The molecule has 0 aromatic heterocycles. The number of piperazine rings is 1. The summed E-state index contributed by atoms with van der Waals surface area (Å²) < 4.78 is 38.0. The molecule has 6 nitrogen and oxygen atoms in total. The topological polar surface area (TPSA) is 59.1 Å². The fraction of sp³-hybridized carbons (Fsp3) is 0.429. The number of aryl methyl sites for hydroxylation is 1. The van der Waals surface area contributed by atoms with Crippen molar-refractivity contribution in [1.29, 1.82) is 0 Å². The van der Waals surface area contributed by atoms with Crippen molar-refractivity contribution in [3.8, 4) is 11.5 Å². The highest BCUT2D eigenvalue weighted by atomic mass is 32.2. The van der Waals surface area contributed by atoms with Gasteiger partial charge in [-0.3, -0.25) is 4.90 Å². The summed E-state index contributed by atoms with van der Waals surface area (Å²) in [6.07, 6.45) is 0. The molecule has 0 atom stereocenters. The van der Waals surface area contributed by atoms with E-state index in [1.165, 1.54) is 30.7 Å². The minimum absolute atomic E-state index is 0.235. The minimum atomic E-state index is -3.54. The molecule has 29 heavy (non-hydrogen) atoms. The first-order chi connectivity index (χ1) is 13.9. The zero-order valence-corrected chi connectivity index (χ0v) is 18.8. The summed E-state index contributed by atoms with van der Waals surface area (Å²) in [7, 11) is -0.513. The SMILES string of the molecule is COc1ccc(S(=O)(=O)N2CCN(CCSc3ccc(C)cc3)CC2)cc1OC. The van der Waals surface area contributed by atoms with Gasteiger partial charge >= 0.3 is 0 Å². The molecule has 0 radical (unpaired) electrons. The van der Waals surface area contributed by atoms with Crippen LogP contribution in [0.3, 0.4) is 0 Å². The maximum absolute atomic E-state index is 13.0. The normalized spacial score (nSPS) is 16.0. The number of methoxy groups -OCH3 is 2. The number of sulfonamides is 1. The summed E-state index contributed by atoms with van der Waals surface area (Å²) in [4.78, 5) is 3.82. The van der Waals surface area contributed by atoms with Crippen LogP contribution in [-0.2, 0) is 10.0 Å². The summed E-state index contributed by atoms with van der Waals surface area (Å²) in [6, 6.07) is 13.3. The number of rotatable bonds is 8. The third-order valence-corrected chi connectivity index (χ3v) is 7.91. The Morgan fingerprint density at radius 3 is 2.21 bits per heavy atom. The van der Waals surface area contributed by atoms with Gasteiger partial charge in [-0.05, 0) is 31.2 Å².